The molecule has 1 amide bonds. The maximum atomic E-state index is 13.2. The van der Waals surface area contributed by atoms with Gasteiger partial charge in [-0.2, -0.15) is 13.2 Å². The van der Waals surface area contributed by atoms with Crippen molar-refractivity contribution in [2.24, 2.45) is 16.5 Å². The molecule has 0 spiro atoms. The number of carbonyl (C=O) groups is 1. The van der Waals surface area contributed by atoms with Crippen molar-refractivity contribution in [3.8, 4) is 5.75 Å². The largest absolute Gasteiger partial charge is 0.480 e. The van der Waals surface area contributed by atoms with Crippen molar-refractivity contribution in [1.29, 1.82) is 0 Å². The Morgan fingerprint density at radius 3 is 2.71 bits per heavy atom. The Morgan fingerprint density at radius 2 is 2.13 bits per heavy atom. The highest BCUT2D eigenvalue weighted by Crippen LogP contribution is 2.59. The summed E-state index contributed by atoms with van der Waals surface area (Å²) in [7, 11) is -3.68. The number of hydrogen-bond acceptors (Lipinski definition) is 7. The summed E-state index contributed by atoms with van der Waals surface area (Å²) in [5.74, 6) is -0.0975. The molecule has 2 fully saturated rings. The molecule has 1 N–H and O–H groups in total. The molecule has 2 aliphatic heterocycles. The van der Waals surface area contributed by atoms with Gasteiger partial charge in [0, 0.05) is 19.3 Å². The van der Waals surface area contributed by atoms with E-state index < -0.39 is 28.0 Å². The molecule has 1 aromatic carbocycles. The van der Waals surface area contributed by atoms with Crippen molar-refractivity contribution < 1.29 is 36.0 Å². The number of piperidine rings is 1. The first-order valence-corrected chi connectivity index (χ1v) is 11.6. The first-order chi connectivity index (χ1) is 14.3. The van der Waals surface area contributed by atoms with Gasteiger partial charge in [0.05, 0.1) is 15.9 Å². The minimum Gasteiger partial charge on any atom is -0.480 e. The molecular formula is C19H22F3N3O5S. The topological polar surface area (TPSA) is 97.3 Å². The molecule has 2 heterocycles. The maximum absolute atomic E-state index is 13.2. The van der Waals surface area contributed by atoms with Crippen LogP contribution < -0.4 is 10.1 Å². The van der Waals surface area contributed by atoms with Gasteiger partial charge in [-0.1, -0.05) is 5.16 Å². The van der Waals surface area contributed by atoms with Gasteiger partial charge < -0.3 is 19.8 Å². The van der Waals surface area contributed by atoms with Crippen molar-refractivity contribution in [1.82, 2.24) is 10.2 Å². The lowest BCUT2D eigenvalue weighted by Gasteiger charge is -2.24. The minimum absolute atomic E-state index is 0.146. The van der Waals surface area contributed by atoms with E-state index in [2.05, 4.69) is 10.5 Å². The summed E-state index contributed by atoms with van der Waals surface area (Å²) in [5, 5.41) is 7.17. The number of halogens is 3. The van der Waals surface area contributed by atoms with Gasteiger partial charge in [-0.3, -0.25) is 4.79 Å². The smallest absolute Gasteiger partial charge is 0.425 e. The summed E-state index contributed by atoms with van der Waals surface area (Å²) in [6.07, 6.45) is -5.31. The molecule has 12 heteroatoms. The number of nitrogens with zero attached hydrogens (tertiary/aromatic N) is 2. The fraction of sp³-hybridized carbons (Fsp3) is 0.579. The van der Waals surface area contributed by atoms with Crippen LogP contribution in [0.3, 0.4) is 0 Å². The van der Waals surface area contributed by atoms with Gasteiger partial charge in [-0.25, -0.2) is 8.42 Å². The summed E-state index contributed by atoms with van der Waals surface area (Å²) in [6.45, 7) is 3.30. The average Bonchev–Trinajstić information content (AvgIpc) is 2.99. The Morgan fingerprint density at radius 1 is 1.42 bits per heavy atom. The normalized spacial score (nSPS) is 28.3. The molecule has 1 aliphatic carbocycles. The van der Waals surface area contributed by atoms with Crippen LogP contribution in [0.2, 0.25) is 0 Å². The van der Waals surface area contributed by atoms with Crippen molar-refractivity contribution in [3.63, 3.8) is 0 Å². The second kappa shape index (κ2) is 7.01. The third-order valence-corrected chi connectivity index (χ3v) is 7.03. The Balaban J connectivity index is 1.62. The maximum Gasteiger partial charge on any atom is 0.425 e. The number of rotatable bonds is 5. The first-order valence-electron chi connectivity index (χ1n) is 9.69. The molecule has 1 aromatic rings. The average molecular weight is 461 g/mol. The van der Waals surface area contributed by atoms with Crippen LogP contribution in [0, 0.1) is 11.3 Å². The lowest BCUT2D eigenvalue weighted by molar-refractivity contribution is -0.189. The predicted octanol–water partition coefficient (Wildman–Crippen LogP) is 2.16. The number of benzene rings is 1. The number of alkyl halides is 3. The summed E-state index contributed by atoms with van der Waals surface area (Å²) in [6, 6.07) is 3.29. The van der Waals surface area contributed by atoms with Gasteiger partial charge in [0.2, 0.25) is 0 Å². The lowest BCUT2D eigenvalue weighted by atomic mass is 10.0. The number of carbonyl (C=O) groups excluding carboxylic acids is 1. The Labute approximate surface area is 177 Å². The highest BCUT2D eigenvalue weighted by molar-refractivity contribution is 7.90. The number of ether oxygens (including phenoxy) is 1. The highest BCUT2D eigenvalue weighted by atomic mass is 32.2. The van der Waals surface area contributed by atoms with Crippen molar-refractivity contribution in [3.05, 3.63) is 23.8 Å². The Kier molecular flexibility index (Phi) is 4.91. The van der Waals surface area contributed by atoms with Crippen LogP contribution in [0.25, 0.3) is 0 Å². The van der Waals surface area contributed by atoms with E-state index in [0.717, 1.165) is 37.8 Å². The second-order valence-electron chi connectivity index (χ2n) is 8.31. The van der Waals surface area contributed by atoms with Gasteiger partial charge in [-0.05, 0) is 44.4 Å². The third-order valence-electron chi connectivity index (χ3n) is 5.92. The zero-order valence-corrected chi connectivity index (χ0v) is 17.9. The SMILES string of the molecule is CC1NC(C23CC2CN(C(=O)c2cc(S(C)(=O)=O)ccc2OC(C)C(F)(F)F)C3)=NO1. The van der Waals surface area contributed by atoms with Crippen LogP contribution in [-0.4, -0.2) is 62.9 Å². The molecule has 0 radical (unpaired) electrons. The monoisotopic (exact) mass is 461 g/mol. The fourth-order valence-corrected chi connectivity index (χ4v) is 4.70. The molecule has 3 aliphatic rings. The standard InChI is InChI=1S/C19H22F3N3O5S/c1-10(19(20,21)22)29-15-5-4-13(31(3,27)28)6-14(15)16(26)25-8-12-7-18(12,9-25)17-23-11(2)30-24-17/h4-6,10-12H,7-9H2,1-3H3,(H,23,24). The number of nitrogens with one attached hydrogen (secondary N) is 1. The van der Waals surface area contributed by atoms with Crippen LogP contribution in [0.5, 0.6) is 5.75 Å². The molecule has 1 saturated heterocycles. The van der Waals surface area contributed by atoms with Crippen molar-refractivity contribution >= 4 is 21.6 Å². The number of amides is 1. The molecule has 1 saturated carbocycles. The van der Waals surface area contributed by atoms with E-state index in [1.807, 2.05) is 0 Å². The molecule has 4 rings (SSSR count). The molecule has 170 valence electrons. The zero-order chi connectivity index (χ0) is 22.8. The van der Waals surface area contributed by atoms with E-state index in [-0.39, 0.29) is 33.8 Å². The minimum atomic E-state index is -4.64. The number of likely N-dealkylation sites (tertiary alicyclic amines) is 1. The van der Waals surface area contributed by atoms with E-state index in [4.69, 9.17) is 9.57 Å². The van der Waals surface area contributed by atoms with E-state index in [1.54, 1.807) is 6.92 Å². The molecular weight excluding hydrogens is 439 g/mol. The zero-order valence-electron chi connectivity index (χ0n) is 17.1. The van der Waals surface area contributed by atoms with Crippen LogP contribution in [0.1, 0.15) is 30.6 Å². The summed E-state index contributed by atoms with van der Waals surface area (Å²) in [5.41, 5.74) is -0.587. The number of sulfone groups is 1. The summed E-state index contributed by atoms with van der Waals surface area (Å²) < 4.78 is 67.9. The van der Waals surface area contributed by atoms with Gasteiger partial charge in [0.15, 0.2) is 28.0 Å². The van der Waals surface area contributed by atoms with Crippen LogP contribution in [0.4, 0.5) is 13.2 Å². The van der Waals surface area contributed by atoms with Gasteiger partial charge >= 0.3 is 6.18 Å². The van der Waals surface area contributed by atoms with E-state index in [0.29, 0.717) is 18.9 Å². The summed E-state index contributed by atoms with van der Waals surface area (Å²) >= 11 is 0. The number of hydrogen-bond donors (Lipinski definition) is 1. The molecule has 0 bridgehead atoms. The molecule has 4 unspecified atom stereocenters. The van der Waals surface area contributed by atoms with E-state index in [9.17, 15) is 26.4 Å². The molecule has 8 nitrogen and oxygen atoms in total. The van der Waals surface area contributed by atoms with Gasteiger partial charge in [-0.15, -0.1) is 0 Å². The summed E-state index contributed by atoms with van der Waals surface area (Å²) in [4.78, 5) is 19.7. The van der Waals surface area contributed by atoms with E-state index in [1.165, 1.54) is 4.90 Å². The van der Waals surface area contributed by atoms with Gasteiger partial charge in [0.25, 0.3) is 5.91 Å². The quantitative estimate of drug-likeness (QED) is 0.722. The lowest BCUT2D eigenvalue weighted by Crippen LogP contribution is -2.39. The Bertz CT molecular complexity index is 1060. The molecule has 31 heavy (non-hydrogen) atoms. The van der Waals surface area contributed by atoms with Crippen LogP contribution >= 0.6 is 0 Å². The number of fused-ring (bicyclic) bond motifs is 1. The van der Waals surface area contributed by atoms with E-state index >= 15 is 0 Å². The third kappa shape index (κ3) is 3.92. The number of oxime groups is 1. The number of amidine groups is 1. The van der Waals surface area contributed by atoms with Crippen LogP contribution in [0.15, 0.2) is 28.3 Å². The first kappa shape index (κ1) is 21.7. The predicted molar refractivity (Wildman–Crippen MR) is 103 cm³/mol. The molecule has 0 aromatic heterocycles. The van der Waals surface area contributed by atoms with Gasteiger partial charge in [0.1, 0.15) is 5.75 Å². The van der Waals surface area contributed by atoms with Crippen molar-refractivity contribution in [2.45, 2.75) is 43.7 Å². The molecule has 4 atom stereocenters. The highest BCUT2D eigenvalue weighted by Gasteiger charge is 2.65. The second-order valence-corrected chi connectivity index (χ2v) is 10.3. The Hall–Kier alpha value is -2.50. The van der Waals surface area contributed by atoms with Crippen molar-refractivity contribution in [2.75, 3.05) is 19.3 Å². The fourth-order valence-electron chi connectivity index (χ4n) is 4.05. The van der Waals surface area contributed by atoms with Crippen LogP contribution in [-0.2, 0) is 14.7 Å².